The second-order valence-corrected chi connectivity index (χ2v) is 4.81. The van der Waals surface area contributed by atoms with Gasteiger partial charge in [-0.1, -0.05) is 26.7 Å². The molecular weight excluding hydrogens is 227 g/mol. The van der Waals surface area contributed by atoms with Gasteiger partial charge < -0.3 is 14.6 Å². The van der Waals surface area contributed by atoms with E-state index in [2.05, 4.69) is 18.7 Å². The number of hydrogen-bond donors (Lipinski definition) is 0. The molecule has 0 bridgehead atoms. The van der Waals surface area contributed by atoms with Gasteiger partial charge in [0, 0.05) is 26.2 Å². The molecule has 1 amide bonds. The molecule has 0 aromatic rings. The Kier molecular flexibility index (Phi) is 10.7. The van der Waals surface area contributed by atoms with Gasteiger partial charge in [0.25, 0.3) is 0 Å². The van der Waals surface area contributed by atoms with E-state index < -0.39 is 0 Å². The standard InChI is InChI=1S/C12H23N2O.K/c1-12(2)5-3-4-6-13-7-9-14(11-15)10-8-13;/h12H,3-10H2,1-2H3;/q-1;+1. The van der Waals surface area contributed by atoms with E-state index >= 15 is 0 Å². The molecular formula is C12H23KN2O. The average Bonchev–Trinajstić information content (AvgIpc) is 2.25. The zero-order chi connectivity index (χ0) is 11.1. The third-order valence-corrected chi connectivity index (χ3v) is 3.01. The third kappa shape index (κ3) is 7.40. The molecule has 0 atom stereocenters. The molecule has 0 N–H and O–H groups in total. The van der Waals surface area contributed by atoms with Crippen LogP contribution in [0.1, 0.15) is 33.1 Å². The smallest absolute Gasteiger partial charge is 0.520 e. The van der Waals surface area contributed by atoms with Gasteiger partial charge in [-0.25, -0.2) is 0 Å². The van der Waals surface area contributed by atoms with Crippen LogP contribution in [0.15, 0.2) is 0 Å². The maximum atomic E-state index is 10.4. The number of rotatable bonds is 6. The van der Waals surface area contributed by atoms with Gasteiger partial charge in [-0.05, 0) is 18.9 Å². The number of nitrogens with zero attached hydrogens (tertiary/aromatic N) is 2. The Hall–Kier alpha value is 1.07. The van der Waals surface area contributed by atoms with Crippen molar-refractivity contribution in [2.45, 2.75) is 33.1 Å². The van der Waals surface area contributed by atoms with Crippen LogP contribution in [0.25, 0.3) is 0 Å². The van der Waals surface area contributed by atoms with Crippen LogP contribution in [0.3, 0.4) is 0 Å². The van der Waals surface area contributed by atoms with Crippen molar-refractivity contribution in [3.8, 4) is 0 Å². The molecule has 0 aromatic carbocycles. The monoisotopic (exact) mass is 250 g/mol. The van der Waals surface area contributed by atoms with E-state index in [-0.39, 0.29) is 51.4 Å². The number of unbranched alkanes of at least 4 members (excludes halogenated alkanes) is 1. The maximum Gasteiger partial charge on any atom is 1.00 e. The van der Waals surface area contributed by atoms with Crippen molar-refractivity contribution in [1.82, 2.24) is 9.80 Å². The first-order chi connectivity index (χ1) is 7.22. The number of hydrogen-bond acceptors (Lipinski definition) is 2. The Morgan fingerprint density at radius 2 is 1.75 bits per heavy atom. The molecule has 0 spiro atoms. The van der Waals surface area contributed by atoms with E-state index in [0.29, 0.717) is 0 Å². The maximum absolute atomic E-state index is 10.4. The predicted molar refractivity (Wildman–Crippen MR) is 62.4 cm³/mol. The summed E-state index contributed by atoms with van der Waals surface area (Å²) in [5.74, 6) is 0.825. The van der Waals surface area contributed by atoms with Crippen molar-refractivity contribution in [1.29, 1.82) is 0 Å². The van der Waals surface area contributed by atoms with Crippen molar-refractivity contribution >= 4 is 6.41 Å². The van der Waals surface area contributed by atoms with Crippen LogP contribution in [0, 0.1) is 5.92 Å². The largest absolute Gasteiger partial charge is 1.00 e. The molecule has 1 rings (SSSR count). The summed E-state index contributed by atoms with van der Waals surface area (Å²) < 4.78 is 0. The topological polar surface area (TPSA) is 23.6 Å². The van der Waals surface area contributed by atoms with Crippen LogP contribution in [0.2, 0.25) is 0 Å². The Bertz CT molecular complexity index is 180. The summed E-state index contributed by atoms with van der Waals surface area (Å²) in [5.41, 5.74) is 0. The van der Waals surface area contributed by atoms with Crippen molar-refractivity contribution in [2.75, 3.05) is 32.7 Å². The van der Waals surface area contributed by atoms with Gasteiger partial charge in [0.15, 0.2) is 0 Å². The molecule has 0 saturated carbocycles. The van der Waals surface area contributed by atoms with Crippen LogP contribution in [-0.4, -0.2) is 48.9 Å². The summed E-state index contributed by atoms with van der Waals surface area (Å²) in [5, 5.41) is 0. The first-order valence-corrected chi connectivity index (χ1v) is 6.07. The van der Waals surface area contributed by atoms with E-state index in [1.807, 2.05) is 6.41 Å². The van der Waals surface area contributed by atoms with Crippen molar-refractivity contribution in [3.05, 3.63) is 0 Å². The van der Waals surface area contributed by atoms with Crippen molar-refractivity contribution in [3.63, 3.8) is 0 Å². The zero-order valence-electron chi connectivity index (χ0n) is 11.0. The molecule has 0 unspecified atom stereocenters. The summed E-state index contributed by atoms with van der Waals surface area (Å²) in [6.45, 7) is 9.51. The van der Waals surface area contributed by atoms with Crippen LogP contribution in [0.4, 0.5) is 0 Å². The molecule has 1 saturated heterocycles. The molecule has 88 valence electrons. The molecule has 3 nitrogen and oxygen atoms in total. The molecule has 4 heteroatoms. The van der Waals surface area contributed by atoms with E-state index in [4.69, 9.17) is 0 Å². The molecule has 0 aromatic heterocycles. The van der Waals surface area contributed by atoms with Crippen LogP contribution >= 0.6 is 0 Å². The first kappa shape index (κ1) is 17.1. The SMILES string of the molecule is CC(C)CCCCN1CCN([C-]=O)CC1.[K+]. The molecule has 1 aliphatic heterocycles. The molecule has 1 fully saturated rings. The first-order valence-electron chi connectivity index (χ1n) is 6.07. The second kappa shape index (κ2) is 10.0. The van der Waals surface area contributed by atoms with Gasteiger partial charge in [0.05, 0.1) is 0 Å². The zero-order valence-corrected chi connectivity index (χ0v) is 14.2. The minimum atomic E-state index is 0. The summed E-state index contributed by atoms with van der Waals surface area (Å²) in [4.78, 5) is 14.6. The molecule has 1 heterocycles. The summed E-state index contributed by atoms with van der Waals surface area (Å²) >= 11 is 0. The number of amides is 1. The average molecular weight is 250 g/mol. The number of carbonyl (C=O) groups excluding carboxylic acids is 1. The Balaban J connectivity index is 0.00000225. The molecule has 1 aliphatic rings. The Morgan fingerprint density at radius 1 is 1.12 bits per heavy atom. The van der Waals surface area contributed by atoms with Gasteiger partial charge in [0.1, 0.15) is 0 Å². The summed E-state index contributed by atoms with van der Waals surface area (Å²) in [6, 6.07) is 0. The summed E-state index contributed by atoms with van der Waals surface area (Å²) in [6.07, 6.45) is 5.92. The minimum absolute atomic E-state index is 0. The van der Waals surface area contributed by atoms with Gasteiger partial charge in [-0.15, -0.1) is 0 Å². The van der Waals surface area contributed by atoms with Crippen LogP contribution in [0.5, 0.6) is 0 Å². The summed E-state index contributed by atoms with van der Waals surface area (Å²) in [7, 11) is 0. The normalized spacial score (nSPS) is 17.3. The molecule has 0 radical (unpaired) electrons. The molecule has 0 aliphatic carbocycles. The van der Waals surface area contributed by atoms with Gasteiger partial charge in [0.2, 0.25) is 0 Å². The quantitative estimate of drug-likeness (QED) is 0.325. The minimum Gasteiger partial charge on any atom is -0.520 e. The predicted octanol–water partition coefficient (Wildman–Crippen LogP) is -1.50. The van der Waals surface area contributed by atoms with Gasteiger partial charge in [-0.3, -0.25) is 0 Å². The number of piperazine rings is 1. The van der Waals surface area contributed by atoms with Crippen LogP contribution in [-0.2, 0) is 4.79 Å². The third-order valence-electron chi connectivity index (χ3n) is 3.01. The van der Waals surface area contributed by atoms with Gasteiger partial charge >= 0.3 is 51.4 Å². The van der Waals surface area contributed by atoms with Crippen LogP contribution < -0.4 is 51.4 Å². The van der Waals surface area contributed by atoms with E-state index in [1.54, 1.807) is 4.90 Å². The Labute approximate surface area is 142 Å². The van der Waals surface area contributed by atoms with E-state index in [0.717, 1.165) is 32.1 Å². The van der Waals surface area contributed by atoms with E-state index in [9.17, 15) is 4.79 Å². The van der Waals surface area contributed by atoms with E-state index in [1.165, 1.54) is 25.8 Å². The van der Waals surface area contributed by atoms with Crippen molar-refractivity contribution in [2.24, 2.45) is 5.92 Å². The fourth-order valence-electron chi connectivity index (χ4n) is 1.95. The Morgan fingerprint density at radius 3 is 2.25 bits per heavy atom. The molecule has 16 heavy (non-hydrogen) atoms. The van der Waals surface area contributed by atoms with Crippen molar-refractivity contribution < 1.29 is 56.2 Å². The van der Waals surface area contributed by atoms with Gasteiger partial charge in [-0.2, -0.15) is 6.41 Å². The fraction of sp³-hybridized carbons (Fsp3) is 0.917. The second-order valence-electron chi connectivity index (χ2n) is 4.81. The fourth-order valence-corrected chi connectivity index (χ4v) is 1.95.